The van der Waals surface area contributed by atoms with E-state index in [4.69, 9.17) is 4.74 Å². The van der Waals surface area contributed by atoms with Gasteiger partial charge in [0.05, 0.1) is 0 Å². The SMILES string of the molecule is O=C(Nc1ccccc1)O[C@@H]1CCCC[C@@H]1c1cccs1. The Morgan fingerprint density at radius 3 is 2.67 bits per heavy atom. The van der Waals surface area contributed by atoms with Crippen molar-refractivity contribution in [1.82, 2.24) is 0 Å². The minimum Gasteiger partial charge on any atom is -0.445 e. The van der Waals surface area contributed by atoms with Gasteiger partial charge in [0.2, 0.25) is 0 Å². The summed E-state index contributed by atoms with van der Waals surface area (Å²) in [6, 6.07) is 13.6. The van der Waals surface area contributed by atoms with Gasteiger partial charge < -0.3 is 4.74 Å². The van der Waals surface area contributed by atoms with E-state index in [1.165, 1.54) is 11.3 Å². The Kier molecular flexibility index (Phi) is 4.55. The van der Waals surface area contributed by atoms with E-state index in [0.717, 1.165) is 24.9 Å². The highest BCUT2D eigenvalue weighted by atomic mass is 32.1. The molecule has 1 aliphatic carbocycles. The highest BCUT2D eigenvalue weighted by Gasteiger charge is 2.30. The predicted octanol–water partition coefficient (Wildman–Crippen LogP) is 5.02. The first kappa shape index (κ1) is 14.1. The Labute approximate surface area is 129 Å². The third-order valence-electron chi connectivity index (χ3n) is 3.89. The molecule has 2 atom stereocenters. The average Bonchev–Trinajstić information content (AvgIpc) is 3.03. The Hall–Kier alpha value is -1.81. The number of benzene rings is 1. The summed E-state index contributed by atoms with van der Waals surface area (Å²) in [5.41, 5.74) is 0.769. The topological polar surface area (TPSA) is 38.3 Å². The number of para-hydroxylation sites is 1. The van der Waals surface area contributed by atoms with Crippen LogP contribution in [-0.4, -0.2) is 12.2 Å². The summed E-state index contributed by atoms with van der Waals surface area (Å²) in [4.78, 5) is 13.4. The van der Waals surface area contributed by atoms with Crippen molar-refractivity contribution in [2.75, 3.05) is 5.32 Å². The molecular formula is C17H19NO2S. The summed E-state index contributed by atoms with van der Waals surface area (Å²) in [5.74, 6) is 0.347. The van der Waals surface area contributed by atoms with E-state index in [2.05, 4.69) is 22.8 Å². The number of carbonyl (C=O) groups is 1. The molecule has 1 saturated carbocycles. The summed E-state index contributed by atoms with van der Waals surface area (Å²) in [6.07, 6.45) is 4.03. The zero-order valence-electron chi connectivity index (χ0n) is 11.8. The first-order chi connectivity index (χ1) is 10.3. The fourth-order valence-corrected chi connectivity index (χ4v) is 3.79. The second-order valence-electron chi connectivity index (χ2n) is 5.34. The lowest BCUT2D eigenvalue weighted by Crippen LogP contribution is -2.30. The van der Waals surface area contributed by atoms with Gasteiger partial charge in [-0.1, -0.05) is 30.7 Å². The maximum Gasteiger partial charge on any atom is 0.411 e. The van der Waals surface area contributed by atoms with E-state index in [-0.39, 0.29) is 12.2 Å². The summed E-state index contributed by atoms with van der Waals surface area (Å²) >= 11 is 1.75. The molecule has 3 nitrogen and oxygen atoms in total. The van der Waals surface area contributed by atoms with Crippen LogP contribution in [0.4, 0.5) is 10.5 Å². The maximum absolute atomic E-state index is 12.1. The third-order valence-corrected chi connectivity index (χ3v) is 4.89. The van der Waals surface area contributed by atoms with Crippen molar-refractivity contribution in [1.29, 1.82) is 0 Å². The van der Waals surface area contributed by atoms with Gasteiger partial charge in [-0.3, -0.25) is 5.32 Å². The van der Waals surface area contributed by atoms with Crippen molar-refractivity contribution < 1.29 is 9.53 Å². The minimum absolute atomic E-state index is 0.0129. The van der Waals surface area contributed by atoms with Crippen molar-refractivity contribution in [3.63, 3.8) is 0 Å². The molecule has 1 aromatic carbocycles. The number of thiophene rings is 1. The molecule has 1 fully saturated rings. The summed E-state index contributed by atoms with van der Waals surface area (Å²) in [5, 5.41) is 4.89. The molecule has 21 heavy (non-hydrogen) atoms. The first-order valence-corrected chi connectivity index (χ1v) is 8.27. The van der Waals surface area contributed by atoms with E-state index in [1.807, 2.05) is 30.3 Å². The van der Waals surface area contributed by atoms with Gasteiger partial charge in [-0.15, -0.1) is 11.3 Å². The quantitative estimate of drug-likeness (QED) is 0.864. The van der Waals surface area contributed by atoms with Gasteiger partial charge in [-0.2, -0.15) is 0 Å². The predicted molar refractivity (Wildman–Crippen MR) is 85.9 cm³/mol. The van der Waals surface area contributed by atoms with Gasteiger partial charge in [0.1, 0.15) is 6.10 Å². The molecule has 0 spiro atoms. The second kappa shape index (κ2) is 6.76. The smallest absolute Gasteiger partial charge is 0.411 e. The highest BCUT2D eigenvalue weighted by Crippen LogP contribution is 2.37. The molecule has 0 saturated heterocycles. The zero-order chi connectivity index (χ0) is 14.5. The lowest BCUT2D eigenvalue weighted by Gasteiger charge is -2.30. The summed E-state index contributed by atoms with van der Waals surface area (Å²) in [7, 11) is 0. The number of ether oxygens (including phenoxy) is 1. The molecule has 1 aliphatic rings. The largest absolute Gasteiger partial charge is 0.445 e. The molecular weight excluding hydrogens is 282 g/mol. The van der Waals surface area contributed by atoms with Crippen LogP contribution in [0.25, 0.3) is 0 Å². The number of hydrogen-bond donors (Lipinski definition) is 1. The highest BCUT2D eigenvalue weighted by molar-refractivity contribution is 7.10. The Morgan fingerprint density at radius 2 is 1.90 bits per heavy atom. The van der Waals surface area contributed by atoms with Crippen LogP contribution in [0, 0.1) is 0 Å². The minimum atomic E-state index is -0.352. The molecule has 1 aromatic heterocycles. The fourth-order valence-electron chi connectivity index (χ4n) is 2.87. The van der Waals surface area contributed by atoms with Crippen LogP contribution in [-0.2, 0) is 4.74 Å². The molecule has 1 amide bonds. The molecule has 0 aliphatic heterocycles. The van der Waals surface area contributed by atoms with Crippen molar-refractivity contribution in [3.8, 4) is 0 Å². The zero-order valence-corrected chi connectivity index (χ0v) is 12.6. The van der Waals surface area contributed by atoms with Crippen LogP contribution in [0.3, 0.4) is 0 Å². The average molecular weight is 301 g/mol. The second-order valence-corrected chi connectivity index (χ2v) is 6.32. The van der Waals surface area contributed by atoms with E-state index < -0.39 is 0 Å². The van der Waals surface area contributed by atoms with E-state index >= 15 is 0 Å². The molecule has 0 unspecified atom stereocenters. The molecule has 1 heterocycles. The summed E-state index contributed by atoms with van der Waals surface area (Å²) < 4.78 is 5.69. The number of carbonyl (C=O) groups excluding carboxylic acids is 1. The van der Waals surface area contributed by atoms with Crippen molar-refractivity contribution in [2.24, 2.45) is 0 Å². The van der Waals surface area contributed by atoms with Crippen molar-refractivity contribution in [3.05, 3.63) is 52.7 Å². The van der Waals surface area contributed by atoms with Gasteiger partial charge >= 0.3 is 6.09 Å². The first-order valence-electron chi connectivity index (χ1n) is 7.39. The molecule has 4 heteroatoms. The van der Waals surface area contributed by atoms with Gasteiger partial charge in [0, 0.05) is 16.5 Å². The summed E-state index contributed by atoms with van der Waals surface area (Å²) in [6.45, 7) is 0. The van der Waals surface area contributed by atoms with Crippen molar-refractivity contribution >= 4 is 23.1 Å². The van der Waals surface area contributed by atoms with Gasteiger partial charge in [0.25, 0.3) is 0 Å². The van der Waals surface area contributed by atoms with Crippen LogP contribution in [0.5, 0.6) is 0 Å². The van der Waals surface area contributed by atoms with Crippen LogP contribution >= 0.6 is 11.3 Å². The maximum atomic E-state index is 12.1. The lowest BCUT2D eigenvalue weighted by atomic mass is 9.85. The van der Waals surface area contributed by atoms with Gasteiger partial charge in [0.15, 0.2) is 0 Å². The number of anilines is 1. The molecule has 3 rings (SSSR count). The van der Waals surface area contributed by atoms with Crippen LogP contribution in [0.2, 0.25) is 0 Å². The Bertz CT molecular complexity index is 568. The molecule has 110 valence electrons. The molecule has 0 bridgehead atoms. The Balaban J connectivity index is 1.63. The van der Waals surface area contributed by atoms with Gasteiger partial charge in [-0.05, 0) is 42.8 Å². The van der Waals surface area contributed by atoms with Crippen LogP contribution in [0.1, 0.15) is 36.5 Å². The van der Waals surface area contributed by atoms with Gasteiger partial charge in [-0.25, -0.2) is 4.79 Å². The van der Waals surface area contributed by atoms with Crippen LogP contribution < -0.4 is 5.32 Å². The fraction of sp³-hybridized carbons (Fsp3) is 0.353. The van der Waals surface area contributed by atoms with E-state index in [1.54, 1.807) is 11.3 Å². The number of nitrogens with one attached hydrogen (secondary N) is 1. The normalized spacial score (nSPS) is 21.7. The van der Waals surface area contributed by atoms with E-state index in [9.17, 15) is 4.79 Å². The number of amides is 1. The monoisotopic (exact) mass is 301 g/mol. The Morgan fingerprint density at radius 1 is 1.10 bits per heavy atom. The third kappa shape index (κ3) is 3.64. The standard InChI is InChI=1S/C17H19NO2S/c19-17(18-13-7-2-1-3-8-13)20-15-10-5-4-9-14(15)16-11-6-12-21-16/h1-3,6-8,11-12,14-15H,4-5,9-10H2,(H,18,19)/t14-,15+/m0/s1. The lowest BCUT2D eigenvalue weighted by molar-refractivity contribution is 0.0720. The molecule has 1 N–H and O–H groups in total. The molecule has 0 radical (unpaired) electrons. The molecule has 2 aromatic rings. The van der Waals surface area contributed by atoms with Crippen LogP contribution in [0.15, 0.2) is 47.8 Å². The van der Waals surface area contributed by atoms with Crippen molar-refractivity contribution in [2.45, 2.75) is 37.7 Å². The number of rotatable bonds is 3. The van der Waals surface area contributed by atoms with E-state index in [0.29, 0.717) is 5.92 Å². The number of hydrogen-bond acceptors (Lipinski definition) is 3.